The summed E-state index contributed by atoms with van der Waals surface area (Å²) >= 11 is 0. The summed E-state index contributed by atoms with van der Waals surface area (Å²) < 4.78 is 2.26. The van der Waals surface area contributed by atoms with E-state index in [1.807, 2.05) is 12.1 Å². The monoisotopic (exact) mass is 299 g/mol. The molecule has 0 aliphatic heterocycles. The van der Waals surface area contributed by atoms with E-state index in [0.717, 1.165) is 17.6 Å². The summed E-state index contributed by atoms with van der Waals surface area (Å²) in [7, 11) is 2.14. The molecule has 1 fully saturated rings. The van der Waals surface area contributed by atoms with Gasteiger partial charge in [0.2, 0.25) is 0 Å². The topological polar surface area (TPSA) is 43.8 Å². The number of anilines is 1. The molecule has 22 heavy (non-hydrogen) atoms. The molecule has 2 aromatic rings. The van der Waals surface area contributed by atoms with Gasteiger partial charge in [0, 0.05) is 19.2 Å². The van der Waals surface area contributed by atoms with Gasteiger partial charge in [-0.15, -0.1) is 0 Å². The Morgan fingerprint density at radius 2 is 1.86 bits per heavy atom. The highest BCUT2D eigenvalue weighted by molar-refractivity contribution is 5.79. The Hall–Kier alpha value is -1.51. The average Bonchev–Trinajstić information content (AvgIpc) is 2.74. The van der Waals surface area contributed by atoms with Crippen LogP contribution in [0, 0.1) is 10.8 Å². The van der Waals surface area contributed by atoms with Crippen LogP contribution in [0.4, 0.5) is 5.69 Å². The van der Waals surface area contributed by atoms with Crippen LogP contribution in [0.15, 0.2) is 18.2 Å². The van der Waals surface area contributed by atoms with Crippen LogP contribution in [0.25, 0.3) is 11.0 Å². The molecule has 0 radical (unpaired) electrons. The molecule has 1 aromatic carbocycles. The van der Waals surface area contributed by atoms with E-state index in [4.69, 9.17) is 10.7 Å². The molecular formula is C19H29N3. The van der Waals surface area contributed by atoms with Crippen LogP contribution in [0.3, 0.4) is 0 Å². The first kappa shape index (κ1) is 15.4. The summed E-state index contributed by atoms with van der Waals surface area (Å²) in [5, 5.41) is 0. The number of hydrogen-bond donors (Lipinski definition) is 1. The minimum Gasteiger partial charge on any atom is -0.399 e. The largest absolute Gasteiger partial charge is 0.399 e. The van der Waals surface area contributed by atoms with Crippen molar-refractivity contribution < 1.29 is 0 Å². The van der Waals surface area contributed by atoms with Gasteiger partial charge < -0.3 is 10.3 Å². The van der Waals surface area contributed by atoms with E-state index < -0.39 is 0 Å². The highest BCUT2D eigenvalue weighted by atomic mass is 15.1. The Balaban J connectivity index is 2.01. The van der Waals surface area contributed by atoms with Gasteiger partial charge in [0.15, 0.2) is 0 Å². The number of aryl methyl sites for hydroxylation is 1. The summed E-state index contributed by atoms with van der Waals surface area (Å²) in [6, 6.07) is 6.04. The zero-order chi connectivity index (χ0) is 16.0. The molecule has 1 aromatic heterocycles. The standard InChI is InChI=1S/C19H29N3/c1-18(2,3)19(10-6-5-7-11-19)13-17-21-15-12-14(20)8-9-16(15)22(17)4/h8-9,12H,5-7,10-11,13,20H2,1-4H3. The molecule has 1 heterocycles. The zero-order valence-electron chi connectivity index (χ0n) is 14.4. The summed E-state index contributed by atoms with van der Waals surface area (Å²) in [5.74, 6) is 1.21. The van der Waals surface area contributed by atoms with Gasteiger partial charge in [0.1, 0.15) is 5.82 Å². The lowest BCUT2D eigenvalue weighted by Gasteiger charge is -2.47. The normalized spacial score (nSPS) is 18.7. The molecule has 120 valence electrons. The number of imidazole rings is 1. The van der Waals surface area contributed by atoms with Gasteiger partial charge in [0.25, 0.3) is 0 Å². The Kier molecular flexibility index (Phi) is 3.70. The summed E-state index contributed by atoms with van der Waals surface area (Å²) in [5.41, 5.74) is 9.59. The number of nitrogen functional groups attached to an aromatic ring is 1. The maximum Gasteiger partial charge on any atom is 0.110 e. The predicted molar refractivity (Wildman–Crippen MR) is 93.8 cm³/mol. The van der Waals surface area contributed by atoms with Gasteiger partial charge in [-0.25, -0.2) is 4.98 Å². The smallest absolute Gasteiger partial charge is 0.110 e. The second-order valence-corrected chi connectivity index (χ2v) is 8.10. The first-order valence-electron chi connectivity index (χ1n) is 8.53. The number of hydrogen-bond acceptors (Lipinski definition) is 2. The van der Waals surface area contributed by atoms with Crippen molar-refractivity contribution in [3.05, 3.63) is 24.0 Å². The third kappa shape index (κ3) is 2.51. The van der Waals surface area contributed by atoms with Crippen molar-refractivity contribution in [3.63, 3.8) is 0 Å². The average molecular weight is 299 g/mol. The molecule has 0 amide bonds. The fraction of sp³-hybridized carbons (Fsp3) is 0.632. The fourth-order valence-electron chi connectivity index (χ4n) is 4.15. The van der Waals surface area contributed by atoms with Crippen molar-refractivity contribution in [3.8, 4) is 0 Å². The van der Waals surface area contributed by atoms with Crippen molar-refractivity contribution in [2.24, 2.45) is 17.9 Å². The summed E-state index contributed by atoms with van der Waals surface area (Å²) in [6.07, 6.45) is 7.81. The van der Waals surface area contributed by atoms with E-state index in [0.29, 0.717) is 10.8 Å². The Morgan fingerprint density at radius 3 is 2.50 bits per heavy atom. The van der Waals surface area contributed by atoms with E-state index in [1.165, 1.54) is 43.4 Å². The Morgan fingerprint density at radius 1 is 1.18 bits per heavy atom. The molecule has 1 saturated carbocycles. The molecule has 3 rings (SSSR count). The third-order valence-corrected chi connectivity index (χ3v) is 5.90. The van der Waals surface area contributed by atoms with Crippen LogP contribution < -0.4 is 5.73 Å². The fourth-order valence-corrected chi connectivity index (χ4v) is 4.15. The molecule has 3 nitrogen and oxygen atoms in total. The number of benzene rings is 1. The molecular weight excluding hydrogens is 270 g/mol. The Labute approximate surface area is 133 Å². The van der Waals surface area contributed by atoms with Crippen LogP contribution in [0.5, 0.6) is 0 Å². The molecule has 1 aliphatic rings. The van der Waals surface area contributed by atoms with Gasteiger partial charge in [-0.1, -0.05) is 40.0 Å². The minimum absolute atomic E-state index is 0.310. The molecule has 1 aliphatic carbocycles. The lowest BCUT2D eigenvalue weighted by molar-refractivity contribution is 0.0366. The van der Waals surface area contributed by atoms with E-state index in [-0.39, 0.29) is 0 Å². The van der Waals surface area contributed by atoms with E-state index in [2.05, 4.69) is 38.5 Å². The molecule has 0 spiro atoms. The predicted octanol–water partition coefficient (Wildman–Crippen LogP) is 4.69. The number of aromatic nitrogens is 2. The van der Waals surface area contributed by atoms with Crippen LogP contribution in [0.1, 0.15) is 58.7 Å². The van der Waals surface area contributed by atoms with E-state index in [1.54, 1.807) is 0 Å². The molecule has 0 bridgehead atoms. The van der Waals surface area contributed by atoms with Crippen molar-refractivity contribution in [2.75, 3.05) is 5.73 Å². The second-order valence-electron chi connectivity index (χ2n) is 8.10. The van der Waals surface area contributed by atoms with Gasteiger partial charge in [0.05, 0.1) is 11.0 Å². The lowest BCUT2D eigenvalue weighted by Crippen LogP contribution is -2.40. The third-order valence-electron chi connectivity index (χ3n) is 5.90. The van der Waals surface area contributed by atoms with Crippen molar-refractivity contribution >= 4 is 16.7 Å². The summed E-state index contributed by atoms with van der Waals surface area (Å²) in [4.78, 5) is 4.91. The van der Waals surface area contributed by atoms with Gasteiger partial charge in [-0.05, 0) is 41.9 Å². The quantitative estimate of drug-likeness (QED) is 0.817. The van der Waals surface area contributed by atoms with Crippen LogP contribution in [-0.2, 0) is 13.5 Å². The highest BCUT2D eigenvalue weighted by Crippen LogP contribution is 2.51. The molecule has 3 heteroatoms. The number of rotatable bonds is 2. The maximum atomic E-state index is 5.91. The zero-order valence-corrected chi connectivity index (χ0v) is 14.4. The van der Waals surface area contributed by atoms with Crippen LogP contribution in [0.2, 0.25) is 0 Å². The van der Waals surface area contributed by atoms with Crippen molar-refractivity contribution in [2.45, 2.75) is 59.3 Å². The van der Waals surface area contributed by atoms with Crippen molar-refractivity contribution in [1.29, 1.82) is 0 Å². The summed E-state index contributed by atoms with van der Waals surface area (Å²) in [6.45, 7) is 7.21. The number of nitrogens with zero attached hydrogens (tertiary/aromatic N) is 2. The minimum atomic E-state index is 0.310. The Bertz CT molecular complexity index is 670. The van der Waals surface area contributed by atoms with E-state index in [9.17, 15) is 0 Å². The molecule has 0 saturated heterocycles. The maximum absolute atomic E-state index is 5.91. The van der Waals surface area contributed by atoms with Gasteiger partial charge in [-0.3, -0.25) is 0 Å². The number of fused-ring (bicyclic) bond motifs is 1. The first-order valence-corrected chi connectivity index (χ1v) is 8.53. The molecule has 0 unspecified atom stereocenters. The SMILES string of the molecule is Cn1c(CC2(C(C)(C)C)CCCCC2)nc2cc(N)ccc21. The van der Waals surface area contributed by atoms with Crippen LogP contribution in [-0.4, -0.2) is 9.55 Å². The van der Waals surface area contributed by atoms with Crippen molar-refractivity contribution in [1.82, 2.24) is 9.55 Å². The first-order chi connectivity index (χ1) is 10.3. The van der Waals surface area contributed by atoms with Crippen LogP contribution >= 0.6 is 0 Å². The molecule has 0 atom stereocenters. The molecule has 2 N–H and O–H groups in total. The lowest BCUT2D eigenvalue weighted by atomic mass is 9.57. The van der Waals surface area contributed by atoms with Gasteiger partial charge >= 0.3 is 0 Å². The van der Waals surface area contributed by atoms with E-state index >= 15 is 0 Å². The van der Waals surface area contributed by atoms with Gasteiger partial charge in [-0.2, -0.15) is 0 Å². The second kappa shape index (κ2) is 5.29. The number of nitrogens with two attached hydrogens (primary N) is 1. The highest BCUT2D eigenvalue weighted by Gasteiger charge is 2.43.